The van der Waals surface area contributed by atoms with E-state index in [9.17, 15) is 9.90 Å². The van der Waals surface area contributed by atoms with Crippen molar-refractivity contribution in [3.8, 4) is 0 Å². The first kappa shape index (κ1) is 13.9. The first-order valence-corrected chi connectivity index (χ1v) is 5.84. The van der Waals surface area contributed by atoms with Crippen molar-refractivity contribution in [1.29, 1.82) is 0 Å². The molecule has 1 aromatic rings. The third-order valence-corrected chi connectivity index (χ3v) is 2.57. The molecule has 17 heavy (non-hydrogen) atoms. The molecule has 1 aromatic heterocycles. The van der Waals surface area contributed by atoms with Gasteiger partial charge in [0.15, 0.2) is 0 Å². The Kier molecular flexibility index (Phi) is 4.48. The molecule has 0 atom stereocenters. The fourth-order valence-electron chi connectivity index (χ4n) is 1.50. The van der Waals surface area contributed by atoms with E-state index in [0.29, 0.717) is 17.1 Å². The molecule has 0 saturated carbocycles. The van der Waals surface area contributed by atoms with Gasteiger partial charge in [0.1, 0.15) is 0 Å². The summed E-state index contributed by atoms with van der Waals surface area (Å²) in [4.78, 5) is 17.6. The number of hydrogen-bond donors (Lipinski definition) is 1. The van der Waals surface area contributed by atoms with E-state index < -0.39 is 5.60 Å². The topological polar surface area (TPSA) is 53.4 Å². The van der Waals surface area contributed by atoms with Crippen LogP contribution in [-0.4, -0.2) is 39.6 Å². The third-order valence-electron chi connectivity index (χ3n) is 2.25. The Bertz CT molecular complexity index is 402. The van der Waals surface area contributed by atoms with Crippen molar-refractivity contribution in [3.63, 3.8) is 0 Å². The summed E-state index contributed by atoms with van der Waals surface area (Å²) in [5.74, 6) is -0.215. The molecule has 5 heteroatoms. The minimum atomic E-state index is -0.930. The Morgan fingerprint density at radius 3 is 2.71 bits per heavy atom. The van der Waals surface area contributed by atoms with Gasteiger partial charge in [-0.25, -0.2) is 0 Å². The van der Waals surface area contributed by atoms with Gasteiger partial charge in [-0.3, -0.25) is 9.78 Å². The summed E-state index contributed by atoms with van der Waals surface area (Å²) in [6, 6.07) is 1.58. The third kappa shape index (κ3) is 3.98. The van der Waals surface area contributed by atoms with E-state index in [1.165, 1.54) is 12.4 Å². The highest BCUT2D eigenvalue weighted by Gasteiger charge is 2.23. The Morgan fingerprint density at radius 1 is 1.59 bits per heavy atom. The molecule has 1 amide bonds. The van der Waals surface area contributed by atoms with Gasteiger partial charge < -0.3 is 10.0 Å². The quantitative estimate of drug-likeness (QED) is 0.896. The van der Waals surface area contributed by atoms with Crippen LogP contribution in [0.25, 0.3) is 0 Å². The summed E-state index contributed by atoms with van der Waals surface area (Å²) in [5, 5.41) is 10.1. The van der Waals surface area contributed by atoms with E-state index in [1.807, 2.05) is 6.92 Å². The second-order valence-corrected chi connectivity index (χ2v) is 4.89. The van der Waals surface area contributed by atoms with Crippen molar-refractivity contribution in [1.82, 2.24) is 9.88 Å². The lowest BCUT2D eigenvalue weighted by atomic mass is 10.1. The predicted octanol–water partition coefficient (Wildman–Crippen LogP) is 1.97. The number of hydrogen-bond acceptors (Lipinski definition) is 3. The first-order valence-electron chi connectivity index (χ1n) is 5.46. The number of carbonyl (C=O) groups is 1. The number of nitrogens with zero attached hydrogens (tertiary/aromatic N) is 2. The van der Waals surface area contributed by atoms with Gasteiger partial charge in [-0.15, -0.1) is 0 Å². The molecule has 0 aliphatic rings. The largest absolute Gasteiger partial charge is 0.389 e. The number of carbonyl (C=O) groups excluding carboxylic acids is 1. The molecule has 0 bridgehead atoms. The second kappa shape index (κ2) is 5.47. The molecule has 0 spiro atoms. The van der Waals surface area contributed by atoms with E-state index >= 15 is 0 Å². The zero-order chi connectivity index (χ0) is 13.1. The molecule has 94 valence electrons. The van der Waals surface area contributed by atoms with Gasteiger partial charge in [-0.05, 0) is 26.8 Å². The van der Waals surface area contributed by atoms with Crippen LogP contribution in [-0.2, 0) is 0 Å². The van der Waals surface area contributed by atoms with Crippen LogP contribution in [0.3, 0.4) is 0 Å². The fourth-order valence-corrected chi connectivity index (χ4v) is 1.69. The number of amides is 1. The minimum absolute atomic E-state index is 0.215. The standard InChI is InChI=1S/C12H17ClN2O2/c1-4-15(8-12(2,3)17)11(16)9-7-14-6-5-10(9)13/h5-7,17H,4,8H2,1-3H3. The van der Waals surface area contributed by atoms with Crippen LogP contribution in [0.5, 0.6) is 0 Å². The molecule has 0 aromatic carbocycles. The molecule has 1 N–H and O–H groups in total. The molecule has 0 radical (unpaired) electrons. The molecule has 0 aliphatic heterocycles. The van der Waals surface area contributed by atoms with Crippen molar-refractivity contribution in [3.05, 3.63) is 29.0 Å². The second-order valence-electron chi connectivity index (χ2n) is 4.49. The molecule has 0 unspecified atom stereocenters. The summed E-state index contributed by atoms with van der Waals surface area (Å²) >= 11 is 5.94. The average molecular weight is 257 g/mol. The summed E-state index contributed by atoms with van der Waals surface area (Å²) in [7, 11) is 0. The van der Waals surface area contributed by atoms with E-state index in [2.05, 4.69) is 4.98 Å². The number of aromatic nitrogens is 1. The molecule has 0 aliphatic carbocycles. The normalized spacial score (nSPS) is 11.4. The molecule has 1 rings (SSSR count). The van der Waals surface area contributed by atoms with Crippen LogP contribution in [0.2, 0.25) is 5.02 Å². The number of aliphatic hydroxyl groups is 1. The first-order chi connectivity index (χ1) is 7.85. The van der Waals surface area contributed by atoms with E-state index in [4.69, 9.17) is 11.6 Å². The maximum absolute atomic E-state index is 12.2. The van der Waals surface area contributed by atoms with Gasteiger partial charge in [-0.2, -0.15) is 0 Å². The molecular weight excluding hydrogens is 240 g/mol. The fraction of sp³-hybridized carbons (Fsp3) is 0.500. The van der Waals surface area contributed by atoms with Gasteiger partial charge in [0.25, 0.3) is 5.91 Å². The highest BCUT2D eigenvalue weighted by atomic mass is 35.5. The van der Waals surface area contributed by atoms with Crippen LogP contribution < -0.4 is 0 Å². The smallest absolute Gasteiger partial charge is 0.257 e. The van der Waals surface area contributed by atoms with Crippen molar-refractivity contribution in [2.75, 3.05) is 13.1 Å². The van der Waals surface area contributed by atoms with Gasteiger partial charge in [0, 0.05) is 25.5 Å². The summed E-state index contributed by atoms with van der Waals surface area (Å²) in [6.45, 7) is 5.94. The van der Waals surface area contributed by atoms with Crippen molar-refractivity contribution < 1.29 is 9.90 Å². The molecule has 1 heterocycles. The summed E-state index contributed by atoms with van der Waals surface area (Å²) in [5.41, 5.74) is -0.569. The Labute approximate surface area is 106 Å². The van der Waals surface area contributed by atoms with E-state index in [1.54, 1.807) is 24.8 Å². The lowest BCUT2D eigenvalue weighted by Crippen LogP contribution is -2.42. The van der Waals surface area contributed by atoms with Crippen molar-refractivity contribution in [2.24, 2.45) is 0 Å². The van der Waals surface area contributed by atoms with Gasteiger partial charge in [-0.1, -0.05) is 11.6 Å². The van der Waals surface area contributed by atoms with Gasteiger partial charge in [0.2, 0.25) is 0 Å². The maximum Gasteiger partial charge on any atom is 0.257 e. The molecule has 0 saturated heterocycles. The SMILES string of the molecule is CCN(CC(C)(C)O)C(=O)c1cnccc1Cl. The average Bonchev–Trinajstić information content (AvgIpc) is 2.24. The Balaban J connectivity index is 2.91. The van der Waals surface area contributed by atoms with Crippen molar-refractivity contribution >= 4 is 17.5 Å². The number of rotatable bonds is 4. The summed E-state index contributed by atoms with van der Waals surface area (Å²) < 4.78 is 0. The number of halogens is 1. The predicted molar refractivity (Wildman–Crippen MR) is 67.1 cm³/mol. The van der Waals surface area contributed by atoms with Crippen molar-refractivity contribution in [2.45, 2.75) is 26.4 Å². The maximum atomic E-state index is 12.2. The zero-order valence-electron chi connectivity index (χ0n) is 10.3. The molecule has 4 nitrogen and oxygen atoms in total. The van der Waals surface area contributed by atoms with Crippen LogP contribution in [0.1, 0.15) is 31.1 Å². The van der Waals surface area contributed by atoms with Crippen LogP contribution in [0, 0.1) is 0 Å². The minimum Gasteiger partial charge on any atom is -0.389 e. The number of likely N-dealkylation sites (N-methyl/N-ethyl adjacent to an activating group) is 1. The lowest BCUT2D eigenvalue weighted by Gasteiger charge is -2.28. The highest BCUT2D eigenvalue weighted by molar-refractivity contribution is 6.33. The lowest BCUT2D eigenvalue weighted by molar-refractivity contribution is 0.0314. The molecule has 0 fully saturated rings. The highest BCUT2D eigenvalue weighted by Crippen LogP contribution is 2.17. The Morgan fingerprint density at radius 2 is 2.24 bits per heavy atom. The van der Waals surface area contributed by atoms with E-state index in [-0.39, 0.29) is 12.5 Å². The number of pyridine rings is 1. The monoisotopic (exact) mass is 256 g/mol. The van der Waals surface area contributed by atoms with Crippen LogP contribution in [0.15, 0.2) is 18.5 Å². The zero-order valence-corrected chi connectivity index (χ0v) is 11.0. The summed E-state index contributed by atoms with van der Waals surface area (Å²) in [6.07, 6.45) is 2.98. The van der Waals surface area contributed by atoms with Gasteiger partial charge in [0.05, 0.1) is 16.2 Å². The Hall–Kier alpha value is -1.13. The molecular formula is C12H17ClN2O2. The van der Waals surface area contributed by atoms with E-state index in [0.717, 1.165) is 0 Å². The van der Waals surface area contributed by atoms with Gasteiger partial charge >= 0.3 is 0 Å². The van der Waals surface area contributed by atoms with Crippen LogP contribution in [0.4, 0.5) is 0 Å². The van der Waals surface area contributed by atoms with Crippen LogP contribution >= 0.6 is 11.6 Å².